The zero-order valence-electron chi connectivity index (χ0n) is 17.0. The number of carbonyl (C=O) groups excluding carboxylic acids is 2. The van der Waals surface area contributed by atoms with E-state index >= 15 is 0 Å². The first kappa shape index (κ1) is 21.3. The molecule has 2 aromatic heterocycles. The van der Waals surface area contributed by atoms with Crippen molar-refractivity contribution in [1.82, 2.24) is 4.40 Å². The van der Waals surface area contributed by atoms with E-state index in [1.54, 1.807) is 30.8 Å². The summed E-state index contributed by atoms with van der Waals surface area (Å²) < 4.78 is 7.19. The number of thioether (sulfide) groups is 2. The highest BCUT2D eigenvalue weighted by Gasteiger charge is 2.26. The Labute approximate surface area is 189 Å². The Morgan fingerprint density at radius 2 is 1.55 bits per heavy atom. The third kappa shape index (κ3) is 4.70. The molecule has 0 atom stereocenters. The smallest absolute Gasteiger partial charge is 0.356 e. The van der Waals surface area contributed by atoms with Crippen LogP contribution in [0.3, 0.4) is 0 Å². The molecule has 2 heterocycles. The summed E-state index contributed by atoms with van der Waals surface area (Å²) >= 11 is 2.71. The third-order valence-corrected chi connectivity index (χ3v) is 6.99. The number of esters is 1. The second kappa shape index (κ2) is 9.90. The number of carbonyl (C=O) groups is 2. The minimum atomic E-state index is -0.390. The summed E-state index contributed by atoms with van der Waals surface area (Å²) in [6, 6.07) is 25.0. The Morgan fingerprint density at radius 3 is 2.26 bits per heavy atom. The van der Waals surface area contributed by atoms with E-state index in [4.69, 9.17) is 4.74 Å². The van der Waals surface area contributed by atoms with Gasteiger partial charge in [-0.25, -0.2) is 4.79 Å². The van der Waals surface area contributed by atoms with Crippen molar-refractivity contribution in [1.29, 1.82) is 0 Å². The van der Waals surface area contributed by atoms with E-state index in [1.165, 1.54) is 0 Å². The number of pyridine rings is 1. The highest BCUT2D eigenvalue weighted by molar-refractivity contribution is 8.14. The van der Waals surface area contributed by atoms with E-state index in [2.05, 4.69) is 12.1 Å². The molecule has 0 aliphatic heterocycles. The fraction of sp³-hybridized carbons (Fsp3) is 0.120. The van der Waals surface area contributed by atoms with Crippen LogP contribution in [0.1, 0.15) is 33.3 Å². The van der Waals surface area contributed by atoms with E-state index in [0.29, 0.717) is 17.0 Å². The van der Waals surface area contributed by atoms with Crippen LogP contribution in [0.25, 0.3) is 5.52 Å². The molecule has 0 spiro atoms. The Morgan fingerprint density at radius 1 is 0.871 bits per heavy atom. The second-order valence-electron chi connectivity index (χ2n) is 6.71. The van der Waals surface area contributed by atoms with Gasteiger partial charge >= 0.3 is 5.97 Å². The van der Waals surface area contributed by atoms with Crippen LogP contribution in [0.2, 0.25) is 0 Å². The van der Waals surface area contributed by atoms with E-state index in [1.807, 2.05) is 65.2 Å². The molecular formula is C25H21NO3S2. The lowest BCUT2D eigenvalue weighted by atomic mass is 10.2. The SMILES string of the molecule is CCOC(=O)c1c(SCc2ccccc2)c(SC(=O)c2ccccc2)c2ccccn12. The average molecular weight is 448 g/mol. The van der Waals surface area contributed by atoms with Crippen molar-refractivity contribution in [3.05, 3.63) is 102 Å². The van der Waals surface area contributed by atoms with Gasteiger partial charge in [-0.2, -0.15) is 0 Å². The van der Waals surface area contributed by atoms with Crippen molar-refractivity contribution < 1.29 is 14.3 Å². The number of hydrogen-bond donors (Lipinski definition) is 0. The summed E-state index contributed by atoms with van der Waals surface area (Å²) in [7, 11) is 0. The van der Waals surface area contributed by atoms with Crippen molar-refractivity contribution >= 4 is 40.1 Å². The van der Waals surface area contributed by atoms with Gasteiger partial charge in [0.1, 0.15) is 5.69 Å². The zero-order chi connectivity index (χ0) is 21.6. The molecule has 0 saturated carbocycles. The maximum Gasteiger partial charge on any atom is 0.356 e. The van der Waals surface area contributed by atoms with Gasteiger partial charge < -0.3 is 9.14 Å². The molecule has 0 aliphatic carbocycles. The Kier molecular flexibility index (Phi) is 6.79. The van der Waals surface area contributed by atoms with Crippen LogP contribution in [0, 0.1) is 0 Å². The summed E-state index contributed by atoms with van der Waals surface area (Å²) in [5.74, 6) is 0.287. The van der Waals surface area contributed by atoms with Gasteiger partial charge in [-0.15, -0.1) is 11.8 Å². The summed E-state index contributed by atoms with van der Waals surface area (Å²) in [6.07, 6.45) is 1.84. The first-order valence-electron chi connectivity index (χ1n) is 9.93. The van der Waals surface area contributed by atoms with Crippen molar-refractivity contribution in [3.63, 3.8) is 0 Å². The van der Waals surface area contributed by atoms with Gasteiger partial charge in [-0.1, -0.05) is 66.7 Å². The molecule has 2 aromatic carbocycles. The van der Waals surface area contributed by atoms with Gasteiger partial charge in [0, 0.05) is 17.5 Å². The first-order chi connectivity index (χ1) is 15.2. The second-order valence-corrected chi connectivity index (χ2v) is 8.68. The van der Waals surface area contributed by atoms with Gasteiger partial charge in [0.05, 0.1) is 21.9 Å². The van der Waals surface area contributed by atoms with Crippen LogP contribution < -0.4 is 0 Å². The molecule has 0 amide bonds. The molecular weight excluding hydrogens is 426 g/mol. The van der Waals surface area contributed by atoms with Crippen LogP contribution >= 0.6 is 23.5 Å². The van der Waals surface area contributed by atoms with Gasteiger partial charge in [0.2, 0.25) is 5.12 Å². The largest absolute Gasteiger partial charge is 0.461 e. The van der Waals surface area contributed by atoms with E-state index in [-0.39, 0.29) is 11.7 Å². The molecule has 4 rings (SSSR count). The Balaban J connectivity index is 1.80. The molecule has 156 valence electrons. The molecule has 31 heavy (non-hydrogen) atoms. The van der Waals surface area contributed by atoms with Crippen LogP contribution in [0.4, 0.5) is 0 Å². The average Bonchev–Trinajstić information content (AvgIpc) is 3.12. The summed E-state index contributed by atoms with van der Waals surface area (Å²) in [6.45, 7) is 2.08. The van der Waals surface area contributed by atoms with Crippen molar-refractivity contribution in [3.8, 4) is 0 Å². The topological polar surface area (TPSA) is 47.8 Å². The molecule has 0 fully saturated rings. The van der Waals surface area contributed by atoms with Gasteiger partial charge in [0.25, 0.3) is 0 Å². The summed E-state index contributed by atoms with van der Waals surface area (Å²) in [5, 5.41) is -0.0612. The molecule has 0 unspecified atom stereocenters. The standard InChI is InChI=1S/C25H21NO3S2/c1-2-29-24(27)21-23(30-17-18-11-5-3-6-12-18)22(20-15-9-10-16-26(20)21)31-25(28)19-13-7-4-8-14-19/h3-16H,2,17H2,1H3. The maximum atomic E-state index is 13.0. The van der Waals surface area contributed by atoms with Crippen LogP contribution in [-0.4, -0.2) is 22.1 Å². The lowest BCUT2D eigenvalue weighted by Crippen LogP contribution is -2.09. The van der Waals surface area contributed by atoms with Gasteiger partial charge in [0.15, 0.2) is 0 Å². The van der Waals surface area contributed by atoms with E-state index < -0.39 is 5.97 Å². The number of ether oxygens (including phenoxy) is 1. The predicted molar refractivity (Wildman–Crippen MR) is 126 cm³/mol. The monoisotopic (exact) mass is 447 g/mol. The highest BCUT2D eigenvalue weighted by atomic mass is 32.2. The van der Waals surface area contributed by atoms with Crippen molar-refractivity contribution in [2.24, 2.45) is 0 Å². The van der Waals surface area contributed by atoms with Crippen LogP contribution in [0.5, 0.6) is 0 Å². The fourth-order valence-corrected chi connectivity index (χ4v) is 5.49. The summed E-state index contributed by atoms with van der Waals surface area (Å²) in [4.78, 5) is 27.5. The van der Waals surface area contributed by atoms with Crippen LogP contribution in [-0.2, 0) is 10.5 Å². The number of benzene rings is 2. The Bertz CT molecular complexity index is 1200. The number of rotatable bonds is 7. The Hall–Kier alpha value is -2.96. The van der Waals surface area contributed by atoms with Crippen LogP contribution in [0.15, 0.2) is 94.9 Å². The number of aromatic nitrogens is 1. The van der Waals surface area contributed by atoms with Gasteiger partial charge in [-0.3, -0.25) is 4.79 Å². The number of fused-ring (bicyclic) bond motifs is 1. The fourth-order valence-electron chi connectivity index (χ4n) is 3.24. The predicted octanol–water partition coefficient (Wildman–Crippen LogP) is 6.34. The molecule has 4 nitrogen and oxygen atoms in total. The molecule has 0 saturated heterocycles. The minimum absolute atomic E-state index is 0.0612. The first-order valence-corrected chi connectivity index (χ1v) is 11.7. The van der Waals surface area contributed by atoms with Crippen molar-refractivity contribution in [2.75, 3.05) is 6.61 Å². The van der Waals surface area contributed by atoms with Crippen molar-refractivity contribution in [2.45, 2.75) is 22.5 Å². The highest BCUT2D eigenvalue weighted by Crippen LogP contribution is 2.42. The molecule has 0 aliphatic rings. The summed E-state index contributed by atoms with van der Waals surface area (Å²) in [5.41, 5.74) is 3.04. The quantitative estimate of drug-likeness (QED) is 0.244. The lowest BCUT2D eigenvalue weighted by Gasteiger charge is -2.08. The molecule has 0 radical (unpaired) electrons. The third-order valence-electron chi connectivity index (χ3n) is 4.65. The number of nitrogens with zero attached hydrogens (tertiary/aromatic N) is 1. The lowest BCUT2D eigenvalue weighted by molar-refractivity contribution is 0.0513. The van der Waals surface area contributed by atoms with Gasteiger partial charge in [-0.05, 0) is 36.4 Å². The minimum Gasteiger partial charge on any atom is -0.461 e. The zero-order valence-corrected chi connectivity index (χ0v) is 18.6. The molecule has 4 aromatic rings. The number of hydrogen-bond acceptors (Lipinski definition) is 5. The molecule has 6 heteroatoms. The normalized spacial score (nSPS) is 10.9. The van der Waals surface area contributed by atoms with E-state index in [9.17, 15) is 9.59 Å². The van der Waals surface area contributed by atoms with E-state index in [0.717, 1.165) is 32.6 Å². The molecule has 0 bridgehead atoms. The maximum absolute atomic E-state index is 13.0. The molecule has 0 N–H and O–H groups in total.